The van der Waals surface area contributed by atoms with Crippen LogP contribution >= 0.6 is 0 Å². The lowest BCUT2D eigenvalue weighted by atomic mass is 9.97. The second-order valence-corrected chi connectivity index (χ2v) is 8.64. The molecule has 0 spiro atoms. The first-order valence-corrected chi connectivity index (χ1v) is 11.7. The molecule has 1 aromatic heterocycles. The topological polar surface area (TPSA) is 71.5 Å². The van der Waals surface area contributed by atoms with Gasteiger partial charge in [0.15, 0.2) is 6.10 Å². The van der Waals surface area contributed by atoms with Crippen molar-refractivity contribution in [1.82, 2.24) is 4.98 Å². The van der Waals surface area contributed by atoms with Crippen molar-refractivity contribution in [2.24, 2.45) is 5.92 Å². The van der Waals surface area contributed by atoms with Gasteiger partial charge < -0.3 is 15.0 Å². The molecule has 2 aromatic carbocycles. The lowest BCUT2D eigenvalue weighted by Gasteiger charge is -2.32. The summed E-state index contributed by atoms with van der Waals surface area (Å²) in [6.07, 6.45) is -3.71. The molecule has 0 bridgehead atoms. The number of halogens is 3. The number of esters is 1. The van der Waals surface area contributed by atoms with Gasteiger partial charge in [0.05, 0.1) is 11.5 Å². The molecule has 0 saturated carbocycles. The monoisotopic (exact) mass is 497 g/mol. The molecule has 1 aliphatic rings. The first-order valence-electron chi connectivity index (χ1n) is 11.7. The second kappa shape index (κ2) is 10.8. The van der Waals surface area contributed by atoms with Crippen LogP contribution in [0.4, 0.5) is 24.7 Å². The van der Waals surface area contributed by atoms with E-state index >= 15 is 0 Å². The van der Waals surface area contributed by atoms with Gasteiger partial charge in [0.25, 0.3) is 5.91 Å². The van der Waals surface area contributed by atoms with Crippen LogP contribution in [0.2, 0.25) is 0 Å². The third kappa shape index (κ3) is 6.02. The number of amides is 1. The minimum Gasteiger partial charge on any atom is -0.452 e. The first kappa shape index (κ1) is 25.2. The molecule has 0 aliphatic carbocycles. The Morgan fingerprint density at radius 3 is 2.31 bits per heavy atom. The zero-order valence-corrected chi connectivity index (χ0v) is 19.7. The molecular weight excluding hydrogens is 471 g/mol. The number of hydrogen-bond acceptors (Lipinski definition) is 5. The van der Waals surface area contributed by atoms with Crippen molar-refractivity contribution in [2.45, 2.75) is 32.0 Å². The Bertz CT molecular complexity index is 1190. The van der Waals surface area contributed by atoms with Gasteiger partial charge in [-0.2, -0.15) is 13.2 Å². The largest absolute Gasteiger partial charge is 0.452 e. The number of anilines is 2. The molecule has 1 saturated heterocycles. The Hall–Kier alpha value is -3.88. The van der Waals surface area contributed by atoms with Gasteiger partial charge in [-0.3, -0.25) is 9.59 Å². The molecule has 6 nitrogen and oxygen atoms in total. The smallest absolute Gasteiger partial charge is 0.417 e. The number of para-hydroxylation sites is 1. The molecule has 2 heterocycles. The third-order valence-corrected chi connectivity index (χ3v) is 6.16. The Morgan fingerprint density at radius 2 is 1.67 bits per heavy atom. The van der Waals surface area contributed by atoms with Crippen LogP contribution in [0.5, 0.6) is 0 Å². The number of pyridine rings is 1. The fourth-order valence-electron chi connectivity index (χ4n) is 4.10. The van der Waals surface area contributed by atoms with E-state index in [0.29, 0.717) is 37.4 Å². The van der Waals surface area contributed by atoms with Crippen molar-refractivity contribution < 1.29 is 27.5 Å². The van der Waals surface area contributed by atoms with Crippen molar-refractivity contribution in [3.05, 3.63) is 78.5 Å². The van der Waals surface area contributed by atoms with Gasteiger partial charge in [0.2, 0.25) is 0 Å². The van der Waals surface area contributed by atoms with Crippen molar-refractivity contribution in [3.63, 3.8) is 0 Å². The average molecular weight is 498 g/mol. The van der Waals surface area contributed by atoms with Crippen molar-refractivity contribution >= 4 is 23.4 Å². The number of benzene rings is 2. The number of carbonyl (C=O) groups excluding carboxylic acids is 2. The van der Waals surface area contributed by atoms with E-state index in [2.05, 4.69) is 10.3 Å². The van der Waals surface area contributed by atoms with Crippen LogP contribution in [0.15, 0.2) is 72.9 Å². The predicted molar refractivity (Wildman–Crippen MR) is 130 cm³/mol. The van der Waals surface area contributed by atoms with Crippen molar-refractivity contribution in [2.75, 3.05) is 23.3 Å². The van der Waals surface area contributed by atoms with Crippen LogP contribution in [0.1, 0.15) is 25.3 Å². The molecule has 1 fully saturated rings. The minimum atomic E-state index is -4.44. The molecule has 3 aromatic rings. The second-order valence-electron chi connectivity index (χ2n) is 8.64. The van der Waals surface area contributed by atoms with Gasteiger partial charge in [0.1, 0.15) is 5.82 Å². The van der Waals surface area contributed by atoms with E-state index in [9.17, 15) is 22.8 Å². The maximum atomic E-state index is 12.8. The number of piperidine rings is 1. The SMILES string of the molecule is C[C@@H](OC(=O)C1CCN(c2ccc(C(F)(F)F)cn2)CC1)C(=O)Nc1ccccc1-c1ccccc1. The van der Waals surface area contributed by atoms with Crippen LogP contribution in [0.3, 0.4) is 0 Å². The summed E-state index contributed by atoms with van der Waals surface area (Å²) in [6.45, 7) is 2.42. The zero-order valence-electron chi connectivity index (χ0n) is 19.7. The molecule has 188 valence electrons. The van der Waals surface area contributed by atoms with E-state index in [1.54, 1.807) is 6.07 Å². The number of ether oxygens (including phenoxy) is 1. The summed E-state index contributed by atoms with van der Waals surface area (Å²) in [4.78, 5) is 31.2. The fourth-order valence-corrected chi connectivity index (χ4v) is 4.10. The Labute approximate surface area is 207 Å². The van der Waals surface area contributed by atoms with Gasteiger partial charge >= 0.3 is 12.1 Å². The Balaban J connectivity index is 1.30. The number of nitrogens with one attached hydrogen (secondary N) is 1. The average Bonchev–Trinajstić information content (AvgIpc) is 2.89. The molecule has 0 radical (unpaired) electrons. The fraction of sp³-hybridized carbons (Fsp3) is 0.296. The molecule has 9 heteroatoms. The van der Waals surface area contributed by atoms with Crippen LogP contribution in [-0.2, 0) is 20.5 Å². The summed E-state index contributed by atoms with van der Waals surface area (Å²) in [6, 6.07) is 19.4. The molecule has 4 rings (SSSR count). The van der Waals surface area contributed by atoms with Crippen molar-refractivity contribution in [3.8, 4) is 11.1 Å². The molecule has 1 aliphatic heterocycles. The number of nitrogens with zero attached hydrogens (tertiary/aromatic N) is 2. The van der Waals surface area contributed by atoms with Gasteiger partial charge in [-0.1, -0.05) is 48.5 Å². The molecule has 1 N–H and O–H groups in total. The summed E-state index contributed by atoms with van der Waals surface area (Å²) >= 11 is 0. The van der Waals surface area contributed by atoms with E-state index in [0.717, 1.165) is 23.4 Å². The molecular formula is C27H26F3N3O3. The number of aromatic nitrogens is 1. The summed E-state index contributed by atoms with van der Waals surface area (Å²) in [5, 5.41) is 2.85. The molecule has 1 amide bonds. The summed E-state index contributed by atoms with van der Waals surface area (Å²) < 4.78 is 43.7. The highest BCUT2D eigenvalue weighted by Gasteiger charge is 2.32. The van der Waals surface area contributed by atoms with E-state index in [-0.39, 0.29) is 0 Å². The predicted octanol–water partition coefficient (Wildman–Crippen LogP) is 5.55. The zero-order chi connectivity index (χ0) is 25.7. The van der Waals surface area contributed by atoms with E-state index in [4.69, 9.17) is 4.74 Å². The first-order chi connectivity index (χ1) is 17.2. The lowest BCUT2D eigenvalue weighted by molar-refractivity contribution is -0.158. The molecule has 1 atom stereocenters. The Morgan fingerprint density at radius 1 is 1.00 bits per heavy atom. The highest BCUT2D eigenvalue weighted by atomic mass is 19.4. The van der Waals surface area contributed by atoms with E-state index in [1.165, 1.54) is 13.0 Å². The lowest BCUT2D eigenvalue weighted by Crippen LogP contribution is -2.39. The minimum absolute atomic E-state index is 0.400. The van der Waals surface area contributed by atoms with Crippen molar-refractivity contribution in [1.29, 1.82) is 0 Å². The molecule has 0 unspecified atom stereocenters. The Kier molecular flexibility index (Phi) is 7.57. The summed E-state index contributed by atoms with van der Waals surface area (Å²) in [7, 11) is 0. The third-order valence-electron chi connectivity index (χ3n) is 6.16. The highest BCUT2D eigenvalue weighted by molar-refractivity contribution is 5.98. The summed E-state index contributed by atoms with van der Waals surface area (Å²) in [5.41, 5.74) is 1.62. The highest BCUT2D eigenvalue weighted by Crippen LogP contribution is 2.31. The molecule has 36 heavy (non-hydrogen) atoms. The van der Waals surface area contributed by atoms with Gasteiger partial charge in [-0.05, 0) is 43.5 Å². The normalized spacial score (nSPS) is 15.3. The number of alkyl halides is 3. The number of rotatable bonds is 6. The number of carbonyl (C=O) groups is 2. The van der Waals surface area contributed by atoms with E-state index < -0.39 is 35.6 Å². The quantitative estimate of drug-likeness (QED) is 0.452. The van der Waals surface area contributed by atoms with E-state index in [1.807, 2.05) is 53.4 Å². The van der Waals surface area contributed by atoms with Gasteiger partial charge in [-0.25, -0.2) is 4.98 Å². The standard InChI is InChI=1S/C27H26F3N3O3/c1-18(25(34)32-23-10-6-5-9-22(23)19-7-3-2-4-8-19)36-26(35)20-13-15-33(16-14-20)24-12-11-21(17-31-24)27(28,29)30/h2-12,17-18,20H,13-16H2,1H3,(H,32,34)/t18-/m1/s1. The summed E-state index contributed by atoms with van der Waals surface area (Å²) in [5.74, 6) is -0.866. The van der Waals surface area contributed by atoms with Gasteiger partial charge in [-0.15, -0.1) is 0 Å². The van der Waals surface area contributed by atoms with Crippen LogP contribution in [0.25, 0.3) is 11.1 Å². The maximum absolute atomic E-state index is 12.8. The maximum Gasteiger partial charge on any atom is 0.417 e. The van der Waals surface area contributed by atoms with Crippen LogP contribution in [-0.4, -0.2) is 36.1 Å². The van der Waals surface area contributed by atoms with Gasteiger partial charge in [0, 0.05) is 30.5 Å². The van der Waals surface area contributed by atoms with Crippen LogP contribution < -0.4 is 10.2 Å². The van der Waals surface area contributed by atoms with Crippen LogP contribution in [0, 0.1) is 5.92 Å². The number of hydrogen-bond donors (Lipinski definition) is 1.